The van der Waals surface area contributed by atoms with Gasteiger partial charge in [0.05, 0.1) is 11.0 Å². The molecular weight excluding hydrogens is 296 g/mol. The van der Waals surface area contributed by atoms with Crippen molar-refractivity contribution < 1.29 is 9.72 Å². The zero-order chi connectivity index (χ0) is 17.1. The normalized spacial score (nSPS) is 12.0. The molecule has 0 fully saturated rings. The molecule has 23 heavy (non-hydrogen) atoms. The molecule has 1 atom stereocenters. The van der Waals surface area contributed by atoms with Crippen molar-refractivity contribution in [2.75, 3.05) is 7.05 Å². The highest BCUT2D eigenvalue weighted by atomic mass is 16.6. The lowest BCUT2D eigenvalue weighted by molar-refractivity contribution is -0.386. The molecule has 0 radical (unpaired) electrons. The van der Waals surface area contributed by atoms with E-state index in [1.54, 1.807) is 25.8 Å². The third-order valence-electron chi connectivity index (χ3n) is 4.07. The molecule has 1 heterocycles. The first-order chi connectivity index (χ1) is 10.8. The predicted molar refractivity (Wildman–Crippen MR) is 86.0 cm³/mol. The second-order valence-electron chi connectivity index (χ2n) is 5.53. The smallest absolute Gasteiger partial charge is 0.312 e. The monoisotopic (exact) mass is 316 g/mol. The number of benzene rings is 1. The Hall–Kier alpha value is -2.70. The summed E-state index contributed by atoms with van der Waals surface area (Å²) >= 11 is 0. The van der Waals surface area contributed by atoms with E-state index in [-0.39, 0.29) is 24.2 Å². The van der Waals surface area contributed by atoms with Crippen LogP contribution in [0.5, 0.6) is 0 Å². The van der Waals surface area contributed by atoms with Crippen molar-refractivity contribution in [1.82, 2.24) is 14.7 Å². The van der Waals surface area contributed by atoms with Gasteiger partial charge in [-0.3, -0.25) is 19.6 Å². The van der Waals surface area contributed by atoms with Crippen LogP contribution in [0.4, 0.5) is 5.69 Å². The van der Waals surface area contributed by atoms with E-state index < -0.39 is 4.92 Å². The predicted octanol–water partition coefficient (Wildman–Crippen LogP) is 2.63. The fraction of sp³-hybridized carbons (Fsp3) is 0.375. The van der Waals surface area contributed by atoms with Crippen molar-refractivity contribution in [2.24, 2.45) is 0 Å². The SMILES string of the molecule is Cc1nn(CC(=O)N(C)[C@@H](C)c2ccccc2)c(C)c1[N+](=O)[O-]. The molecule has 0 saturated heterocycles. The summed E-state index contributed by atoms with van der Waals surface area (Å²) in [6.45, 7) is 5.10. The summed E-state index contributed by atoms with van der Waals surface area (Å²) in [5, 5.41) is 15.1. The maximum Gasteiger partial charge on any atom is 0.312 e. The first-order valence-corrected chi connectivity index (χ1v) is 7.32. The first-order valence-electron chi connectivity index (χ1n) is 7.32. The minimum Gasteiger partial charge on any atom is -0.337 e. The quantitative estimate of drug-likeness (QED) is 0.627. The van der Waals surface area contributed by atoms with Crippen molar-refractivity contribution in [1.29, 1.82) is 0 Å². The lowest BCUT2D eigenvalue weighted by atomic mass is 10.1. The van der Waals surface area contributed by atoms with Crippen molar-refractivity contribution in [3.05, 3.63) is 57.4 Å². The minimum atomic E-state index is -0.463. The van der Waals surface area contributed by atoms with Gasteiger partial charge in [-0.05, 0) is 26.3 Å². The van der Waals surface area contributed by atoms with E-state index in [0.717, 1.165) is 5.56 Å². The summed E-state index contributed by atoms with van der Waals surface area (Å²) in [5.74, 6) is -0.151. The van der Waals surface area contributed by atoms with Gasteiger partial charge in [-0.2, -0.15) is 5.10 Å². The Morgan fingerprint density at radius 2 is 1.96 bits per heavy atom. The van der Waals surface area contributed by atoms with Gasteiger partial charge in [-0.25, -0.2) is 0 Å². The topological polar surface area (TPSA) is 81.3 Å². The van der Waals surface area contributed by atoms with Gasteiger partial charge in [0, 0.05) is 7.05 Å². The molecule has 7 nitrogen and oxygen atoms in total. The molecule has 0 aliphatic carbocycles. The number of aromatic nitrogens is 2. The molecule has 0 saturated carbocycles. The van der Waals surface area contributed by atoms with Gasteiger partial charge >= 0.3 is 5.69 Å². The highest BCUT2D eigenvalue weighted by Crippen LogP contribution is 2.23. The van der Waals surface area contributed by atoms with Crippen LogP contribution in [0.15, 0.2) is 30.3 Å². The van der Waals surface area contributed by atoms with Gasteiger partial charge in [0.25, 0.3) is 0 Å². The molecule has 0 bridgehead atoms. The van der Waals surface area contributed by atoms with Gasteiger partial charge in [0.2, 0.25) is 5.91 Å². The third-order valence-corrected chi connectivity index (χ3v) is 4.07. The van der Waals surface area contributed by atoms with E-state index in [1.165, 1.54) is 4.68 Å². The number of hydrogen-bond acceptors (Lipinski definition) is 4. The molecule has 2 rings (SSSR count). The average molecular weight is 316 g/mol. The lowest BCUT2D eigenvalue weighted by Crippen LogP contribution is -2.33. The van der Waals surface area contributed by atoms with Gasteiger partial charge in [0.1, 0.15) is 17.9 Å². The highest BCUT2D eigenvalue weighted by molar-refractivity contribution is 5.76. The fourth-order valence-electron chi connectivity index (χ4n) is 2.52. The number of hydrogen-bond donors (Lipinski definition) is 0. The summed E-state index contributed by atoms with van der Waals surface area (Å²) < 4.78 is 1.39. The molecule has 0 spiro atoms. The van der Waals surface area contributed by atoms with Crippen molar-refractivity contribution in [3.8, 4) is 0 Å². The number of aryl methyl sites for hydroxylation is 1. The van der Waals surface area contributed by atoms with Crippen LogP contribution in [0.25, 0.3) is 0 Å². The van der Waals surface area contributed by atoms with Crippen LogP contribution in [-0.2, 0) is 11.3 Å². The molecule has 0 unspecified atom stereocenters. The maximum atomic E-state index is 12.5. The third kappa shape index (κ3) is 3.39. The van der Waals surface area contributed by atoms with Crippen LogP contribution < -0.4 is 0 Å². The number of amides is 1. The van der Waals surface area contributed by atoms with Crippen LogP contribution in [0.2, 0.25) is 0 Å². The number of rotatable bonds is 5. The Bertz CT molecular complexity index is 724. The Kier molecular flexibility index (Phi) is 4.78. The summed E-state index contributed by atoms with van der Waals surface area (Å²) in [4.78, 5) is 24.7. The Balaban J connectivity index is 2.16. The molecular formula is C16H20N4O3. The van der Waals surface area contributed by atoms with Gasteiger partial charge in [0.15, 0.2) is 0 Å². The number of carbonyl (C=O) groups is 1. The van der Waals surface area contributed by atoms with Crippen LogP contribution in [0.3, 0.4) is 0 Å². The molecule has 7 heteroatoms. The molecule has 0 aliphatic rings. The number of likely N-dealkylation sites (N-methyl/N-ethyl adjacent to an activating group) is 1. The van der Waals surface area contributed by atoms with Crippen molar-refractivity contribution in [3.63, 3.8) is 0 Å². The zero-order valence-electron chi connectivity index (χ0n) is 13.7. The molecule has 122 valence electrons. The Morgan fingerprint density at radius 1 is 1.35 bits per heavy atom. The van der Waals surface area contributed by atoms with Crippen molar-refractivity contribution in [2.45, 2.75) is 33.4 Å². The number of nitro groups is 1. The molecule has 1 aromatic carbocycles. The standard InChI is InChI=1S/C16H20N4O3/c1-11-16(20(22)23)13(3)19(17-11)10-15(21)18(4)12(2)14-8-6-5-7-9-14/h5-9,12H,10H2,1-4H3/t12-/m0/s1. The zero-order valence-corrected chi connectivity index (χ0v) is 13.7. The van der Waals surface area contributed by atoms with Gasteiger partial charge in [-0.1, -0.05) is 30.3 Å². The molecule has 0 N–H and O–H groups in total. The van der Waals surface area contributed by atoms with Gasteiger partial charge < -0.3 is 4.90 Å². The second kappa shape index (κ2) is 6.60. The fourth-order valence-corrected chi connectivity index (χ4v) is 2.52. The van der Waals surface area contributed by atoms with Crippen LogP contribution in [0, 0.1) is 24.0 Å². The molecule has 0 aliphatic heterocycles. The summed E-state index contributed by atoms with van der Waals surface area (Å²) in [5.41, 5.74) is 1.71. The Morgan fingerprint density at radius 3 is 2.48 bits per heavy atom. The summed E-state index contributed by atoms with van der Waals surface area (Å²) in [6, 6.07) is 9.61. The second-order valence-corrected chi connectivity index (χ2v) is 5.53. The van der Waals surface area contributed by atoms with E-state index in [4.69, 9.17) is 0 Å². The van der Waals surface area contributed by atoms with E-state index >= 15 is 0 Å². The Labute approximate surface area is 134 Å². The van der Waals surface area contributed by atoms with E-state index in [2.05, 4.69) is 5.10 Å². The van der Waals surface area contributed by atoms with Crippen LogP contribution in [-0.4, -0.2) is 32.6 Å². The number of nitrogens with zero attached hydrogens (tertiary/aromatic N) is 4. The molecule has 1 aromatic heterocycles. The maximum absolute atomic E-state index is 12.5. The molecule has 2 aromatic rings. The minimum absolute atomic E-state index is 0.0197. The number of carbonyl (C=O) groups excluding carboxylic acids is 1. The summed E-state index contributed by atoms with van der Waals surface area (Å²) in [7, 11) is 1.72. The van der Waals surface area contributed by atoms with E-state index in [1.807, 2.05) is 37.3 Å². The van der Waals surface area contributed by atoms with Gasteiger partial charge in [-0.15, -0.1) is 0 Å². The summed E-state index contributed by atoms with van der Waals surface area (Å²) in [6.07, 6.45) is 0. The first kappa shape index (κ1) is 16.7. The van der Waals surface area contributed by atoms with E-state index in [9.17, 15) is 14.9 Å². The molecule has 1 amide bonds. The van der Waals surface area contributed by atoms with Crippen LogP contribution >= 0.6 is 0 Å². The van der Waals surface area contributed by atoms with E-state index in [0.29, 0.717) is 11.4 Å². The highest BCUT2D eigenvalue weighted by Gasteiger charge is 2.24. The largest absolute Gasteiger partial charge is 0.337 e. The van der Waals surface area contributed by atoms with Crippen molar-refractivity contribution >= 4 is 11.6 Å². The van der Waals surface area contributed by atoms with Crippen LogP contribution in [0.1, 0.15) is 29.9 Å². The average Bonchev–Trinajstić information content (AvgIpc) is 2.80. The lowest BCUT2D eigenvalue weighted by Gasteiger charge is -2.25.